The molecule has 1 aliphatic rings. The molecule has 1 saturated heterocycles. The molecular weight excluding hydrogens is 310 g/mol. The summed E-state index contributed by atoms with van der Waals surface area (Å²) in [6.45, 7) is 5.73. The van der Waals surface area contributed by atoms with Crippen LogP contribution in [0.4, 0.5) is 0 Å². The molecule has 3 rings (SSSR count). The molecule has 3 heterocycles. The molecule has 5 nitrogen and oxygen atoms in total. The summed E-state index contributed by atoms with van der Waals surface area (Å²) in [5.74, 6) is -0.479. The van der Waals surface area contributed by atoms with Gasteiger partial charge in [-0.2, -0.15) is 0 Å². The van der Waals surface area contributed by atoms with Crippen LogP contribution in [-0.2, 0) is 0 Å². The van der Waals surface area contributed by atoms with Gasteiger partial charge in [-0.05, 0) is 51.0 Å². The lowest BCUT2D eigenvalue weighted by Gasteiger charge is -2.34. The molecule has 2 aromatic heterocycles. The first-order valence-electron chi connectivity index (χ1n) is 7.80. The van der Waals surface area contributed by atoms with Crippen LogP contribution in [-0.4, -0.2) is 34.4 Å². The van der Waals surface area contributed by atoms with Crippen LogP contribution >= 0.6 is 11.3 Å². The van der Waals surface area contributed by atoms with Gasteiger partial charge in [0.05, 0.1) is 9.75 Å². The van der Waals surface area contributed by atoms with Gasteiger partial charge in [0.2, 0.25) is 0 Å². The Morgan fingerprint density at radius 3 is 2.13 bits per heavy atom. The fraction of sp³-hybridized carbons (Fsp3) is 0.412. The molecule has 1 fully saturated rings. The normalized spacial score (nSPS) is 15.8. The van der Waals surface area contributed by atoms with E-state index in [0.29, 0.717) is 15.8 Å². The molecule has 6 heteroatoms. The van der Waals surface area contributed by atoms with Crippen molar-refractivity contribution in [2.75, 3.05) is 13.1 Å². The zero-order valence-electron chi connectivity index (χ0n) is 13.4. The van der Waals surface area contributed by atoms with E-state index in [-0.39, 0.29) is 5.91 Å². The van der Waals surface area contributed by atoms with Crippen molar-refractivity contribution in [2.45, 2.75) is 32.7 Å². The molecule has 0 unspecified atom stereocenters. The number of nitrogens with zero attached hydrogens (tertiary/aromatic N) is 2. The first-order chi connectivity index (χ1) is 11.0. The minimum atomic E-state index is -0.480. The third-order valence-electron chi connectivity index (χ3n) is 4.50. The average Bonchev–Trinajstić information content (AvgIpc) is 3.14. The second kappa shape index (κ2) is 6.20. The Morgan fingerprint density at radius 2 is 1.61 bits per heavy atom. The number of hydrogen-bond acceptors (Lipinski definition) is 3. The first-order valence-corrected chi connectivity index (χ1v) is 8.62. The Balaban J connectivity index is 1.66. The van der Waals surface area contributed by atoms with Crippen molar-refractivity contribution in [2.24, 2.45) is 5.73 Å². The fourth-order valence-electron chi connectivity index (χ4n) is 3.32. The number of aromatic nitrogens is 1. The summed E-state index contributed by atoms with van der Waals surface area (Å²) in [5, 5.41) is 0. The van der Waals surface area contributed by atoms with E-state index in [4.69, 9.17) is 5.73 Å². The van der Waals surface area contributed by atoms with Gasteiger partial charge in [-0.3, -0.25) is 9.59 Å². The van der Waals surface area contributed by atoms with Crippen molar-refractivity contribution in [3.63, 3.8) is 0 Å². The van der Waals surface area contributed by atoms with Crippen molar-refractivity contribution in [3.05, 3.63) is 45.4 Å². The molecule has 2 aromatic rings. The van der Waals surface area contributed by atoms with Gasteiger partial charge in [-0.15, -0.1) is 11.3 Å². The second-order valence-electron chi connectivity index (χ2n) is 6.04. The van der Waals surface area contributed by atoms with E-state index < -0.39 is 5.91 Å². The minimum Gasteiger partial charge on any atom is -0.365 e. The summed E-state index contributed by atoms with van der Waals surface area (Å²) < 4.78 is 2.37. The van der Waals surface area contributed by atoms with Gasteiger partial charge in [0.15, 0.2) is 0 Å². The fourth-order valence-corrected chi connectivity index (χ4v) is 4.15. The van der Waals surface area contributed by atoms with Crippen molar-refractivity contribution in [3.8, 4) is 0 Å². The number of nitrogens with two attached hydrogens (primary N) is 1. The molecule has 23 heavy (non-hydrogen) atoms. The Morgan fingerprint density at radius 1 is 1.04 bits per heavy atom. The van der Waals surface area contributed by atoms with E-state index in [1.54, 1.807) is 12.1 Å². The van der Waals surface area contributed by atoms with E-state index in [1.807, 2.05) is 4.90 Å². The number of carbonyl (C=O) groups excluding carboxylic acids is 2. The molecule has 0 aliphatic carbocycles. The van der Waals surface area contributed by atoms with Gasteiger partial charge in [-0.1, -0.05) is 0 Å². The molecule has 0 radical (unpaired) electrons. The molecule has 1 aliphatic heterocycles. The summed E-state index contributed by atoms with van der Waals surface area (Å²) in [6.07, 6.45) is 1.91. The Kier molecular flexibility index (Phi) is 4.26. The molecule has 0 bridgehead atoms. The SMILES string of the molecule is Cc1ccc(C)n1C1CCN(C(=O)c2ccc(C(N)=O)s2)CC1. The van der Waals surface area contributed by atoms with E-state index in [1.165, 1.54) is 22.7 Å². The lowest BCUT2D eigenvalue weighted by Crippen LogP contribution is -2.39. The van der Waals surface area contributed by atoms with E-state index in [0.717, 1.165) is 25.9 Å². The summed E-state index contributed by atoms with van der Waals surface area (Å²) in [6, 6.07) is 8.06. The van der Waals surface area contributed by atoms with E-state index in [9.17, 15) is 9.59 Å². The van der Waals surface area contributed by atoms with Crippen LogP contribution in [0.25, 0.3) is 0 Å². The highest BCUT2D eigenvalue weighted by molar-refractivity contribution is 7.15. The largest absolute Gasteiger partial charge is 0.365 e. The molecule has 2 amide bonds. The van der Waals surface area contributed by atoms with Crippen LogP contribution in [0.3, 0.4) is 0 Å². The zero-order chi connectivity index (χ0) is 16.6. The number of primary amides is 1. The number of rotatable bonds is 3. The number of likely N-dealkylation sites (tertiary alicyclic amines) is 1. The Labute approximate surface area is 139 Å². The second-order valence-corrected chi connectivity index (χ2v) is 7.12. The Bertz CT molecular complexity index is 719. The van der Waals surface area contributed by atoms with Gasteiger partial charge >= 0.3 is 0 Å². The summed E-state index contributed by atoms with van der Waals surface area (Å²) in [5.41, 5.74) is 7.80. The van der Waals surface area contributed by atoms with Crippen molar-refractivity contribution in [1.82, 2.24) is 9.47 Å². The third kappa shape index (κ3) is 3.03. The predicted octanol–water partition coefficient (Wildman–Crippen LogP) is 2.74. The highest BCUT2D eigenvalue weighted by atomic mass is 32.1. The quantitative estimate of drug-likeness (QED) is 0.939. The lowest BCUT2D eigenvalue weighted by molar-refractivity contribution is 0.0698. The topological polar surface area (TPSA) is 68.3 Å². The maximum absolute atomic E-state index is 12.5. The van der Waals surface area contributed by atoms with Crippen LogP contribution in [0, 0.1) is 13.8 Å². The standard InChI is InChI=1S/C17H21N3O2S/c1-11-3-4-12(2)20(11)13-7-9-19(10-8-13)17(22)15-6-5-14(23-15)16(18)21/h3-6,13H,7-10H2,1-2H3,(H2,18,21). The van der Waals surface area contributed by atoms with Crippen molar-refractivity contribution >= 4 is 23.2 Å². The minimum absolute atomic E-state index is 0.00176. The highest BCUT2D eigenvalue weighted by Gasteiger charge is 2.26. The molecule has 0 aromatic carbocycles. The number of carbonyl (C=O) groups is 2. The zero-order valence-corrected chi connectivity index (χ0v) is 14.2. The Hall–Kier alpha value is -2.08. The molecule has 0 spiro atoms. The summed E-state index contributed by atoms with van der Waals surface area (Å²) >= 11 is 1.18. The number of thiophene rings is 1. The van der Waals surface area contributed by atoms with Crippen molar-refractivity contribution in [1.29, 1.82) is 0 Å². The number of amides is 2. The van der Waals surface area contributed by atoms with Crippen LogP contribution < -0.4 is 5.73 Å². The smallest absolute Gasteiger partial charge is 0.263 e. The maximum Gasteiger partial charge on any atom is 0.263 e. The van der Waals surface area contributed by atoms with Crippen LogP contribution in [0.15, 0.2) is 24.3 Å². The van der Waals surface area contributed by atoms with Gasteiger partial charge in [0.1, 0.15) is 0 Å². The molecule has 122 valence electrons. The predicted molar refractivity (Wildman–Crippen MR) is 90.9 cm³/mol. The van der Waals surface area contributed by atoms with E-state index >= 15 is 0 Å². The average molecular weight is 331 g/mol. The number of aryl methyl sites for hydroxylation is 2. The molecule has 0 atom stereocenters. The molecule has 2 N–H and O–H groups in total. The molecular formula is C17H21N3O2S. The summed E-state index contributed by atoms with van der Waals surface area (Å²) in [7, 11) is 0. The van der Waals surface area contributed by atoms with E-state index in [2.05, 4.69) is 30.5 Å². The van der Waals surface area contributed by atoms with Crippen LogP contribution in [0.2, 0.25) is 0 Å². The van der Waals surface area contributed by atoms with Gasteiger partial charge in [-0.25, -0.2) is 0 Å². The monoisotopic (exact) mass is 331 g/mol. The maximum atomic E-state index is 12.5. The number of hydrogen-bond donors (Lipinski definition) is 1. The van der Waals surface area contributed by atoms with Gasteiger partial charge in [0, 0.05) is 30.5 Å². The van der Waals surface area contributed by atoms with Crippen LogP contribution in [0.1, 0.15) is 49.6 Å². The van der Waals surface area contributed by atoms with Gasteiger partial charge < -0.3 is 15.2 Å². The highest BCUT2D eigenvalue weighted by Crippen LogP contribution is 2.28. The van der Waals surface area contributed by atoms with Crippen molar-refractivity contribution < 1.29 is 9.59 Å². The number of piperidine rings is 1. The molecule has 0 saturated carbocycles. The van der Waals surface area contributed by atoms with Crippen LogP contribution in [0.5, 0.6) is 0 Å². The van der Waals surface area contributed by atoms with Gasteiger partial charge in [0.25, 0.3) is 11.8 Å². The lowest BCUT2D eigenvalue weighted by atomic mass is 10.0. The third-order valence-corrected chi connectivity index (χ3v) is 5.59. The first kappa shape index (κ1) is 15.8. The summed E-state index contributed by atoms with van der Waals surface area (Å²) in [4.78, 5) is 26.6.